The Hall–Kier alpha value is -1.22. The maximum absolute atomic E-state index is 5.80. The summed E-state index contributed by atoms with van der Waals surface area (Å²) in [6, 6.07) is 6.46. The van der Waals surface area contributed by atoms with Crippen LogP contribution in [0.25, 0.3) is 0 Å². The van der Waals surface area contributed by atoms with E-state index in [4.69, 9.17) is 10.5 Å². The third kappa shape index (κ3) is 1.47. The molecule has 0 saturated carbocycles. The Morgan fingerprint density at radius 2 is 2.31 bits per heavy atom. The van der Waals surface area contributed by atoms with Crippen molar-refractivity contribution in [3.05, 3.63) is 23.8 Å². The Bertz CT molecular complexity index is 308. The molecule has 1 fully saturated rings. The summed E-state index contributed by atoms with van der Waals surface area (Å²) < 4.78 is 5.09. The average Bonchev–Trinajstić information content (AvgIpc) is 2.01. The van der Waals surface area contributed by atoms with E-state index in [1.165, 1.54) is 12.0 Å². The summed E-state index contributed by atoms with van der Waals surface area (Å²) in [4.78, 5) is 0. The number of hydrogen-bond acceptors (Lipinski definition) is 3. The zero-order valence-electron chi connectivity index (χ0n) is 7.71. The first-order valence-electron chi connectivity index (χ1n) is 4.48. The highest BCUT2D eigenvalue weighted by molar-refractivity contribution is 5.54. The van der Waals surface area contributed by atoms with Gasteiger partial charge in [-0.05, 0) is 30.7 Å². The molecule has 1 atom stereocenters. The van der Waals surface area contributed by atoms with E-state index < -0.39 is 0 Å². The molecule has 3 heteroatoms. The predicted molar refractivity (Wildman–Crippen MR) is 52.8 cm³/mol. The summed E-state index contributed by atoms with van der Waals surface area (Å²) in [5.74, 6) is 0.753. The van der Waals surface area contributed by atoms with Gasteiger partial charge in [0.2, 0.25) is 0 Å². The van der Waals surface area contributed by atoms with Crippen molar-refractivity contribution in [3.63, 3.8) is 0 Å². The van der Waals surface area contributed by atoms with Crippen molar-refractivity contribution in [3.8, 4) is 5.75 Å². The Morgan fingerprint density at radius 1 is 1.54 bits per heavy atom. The van der Waals surface area contributed by atoms with Crippen LogP contribution in [-0.4, -0.2) is 13.7 Å². The molecule has 0 spiro atoms. The molecule has 0 bridgehead atoms. The summed E-state index contributed by atoms with van der Waals surface area (Å²) in [5, 5.41) is 3.33. The summed E-state index contributed by atoms with van der Waals surface area (Å²) in [7, 11) is 1.63. The fraction of sp³-hybridized carbons (Fsp3) is 0.400. The molecule has 1 heterocycles. The van der Waals surface area contributed by atoms with Gasteiger partial charge in [-0.25, -0.2) is 0 Å². The molecule has 2 rings (SSSR count). The van der Waals surface area contributed by atoms with E-state index in [-0.39, 0.29) is 0 Å². The Labute approximate surface area is 77.9 Å². The van der Waals surface area contributed by atoms with Crippen molar-refractivity contribution in [2.75, 3.05) is 19.4 Å². The molecular weight excluding hydrogens is 164 g/mol. The van der Waals surface area contributed by atoms with E-state index in [1.54, 1.807) is 7.11 Å². The van der Waals surface area contributed by atoms with E-state index in [9.17, 15) is 0 Å². The molecule has 1 unspecified atom stereocenters. The first-order valence-corrected chi connectivity index (χ1v) is 4.48. The zero-order chi connectivity index (χ0) is 9.26. The van der Waals surface area contributed by atoms with Crippen molar-refractivity contribution in [1.82, 2.24) is 5.32 Å². The Morgan fingerprint density at radius 3 is 2.77 bits per heavy atom. The van der Waals surface area contributed by atoms with E-state index in [0.717, 1.165) is 12.3 Å². The second-order valence-electron chi connectivity index (χ2n) is 3.30. The van der Waals surface area contributed by atoms with Crippen molar-refractivity contribution in [2.45, 2.75) is 12.5 Å². The topological polar surface area (TPSA) is 47.3 Å². The number of ether oxygens (including phenoxy) is 1. The predicted octanol–water partition coefficient (Wildman–Crippen LogP) is 1.31. The van der Waals surface area contributed by atoms with Crippen LogP contribution >= 0.6 is 0 Å². The van der Waals surface area contributed by atoms with Crippen LogP contribution < -0.4 is 15.8 Å². The van der Waals surface area contributed by atoms with Gasteiger partial charge in [0.15, 0.2) is 0 Å². The van der Waals surface area contributed by atoms with E-state index in [1.807, 2.05) is 12.1 Å². The number of nitrogens with two attached hydrogens (primary N) is 1. The minimum atomic E-state index is 0.494. The molecule has 13 heavy (non-hydrogen) atoms. The minimum Gasteiger partial charge on any atom is -0.495 e. The van der Waals surface area contributed by atoms with Gasteiger partial charge in [-0.3, -0.25) is 0 Å². The number of hydrogen-bond donors (Lipinski definition) is 2. The van der Waals surface area contributed by atoms with Crippen LogP contribution in [0.4, 0.5) is 5.69 Å². The molecule has 3 N–H and O–H groups in total. The number of benzene rings is 1. The smallest absolute Gasteiger partial charge is 0.141 e. The van der Waals surface area contributed by atoms with Gasteiger partial charge >= 0.3 is 0 Å². The first-order chi connectivity index (χ1) is 6.31. The van der Waals surface area contributed by atoms with Crippen molar-refractivity contribution >= 4 is 5.69 Å². The fourth-order valence-electron chi connectivity index (χ4n) is 1.54. The Balaban J connectivity index is 2.24. The standard InChI is InChI=1S/C10H14N2O/c1-13-10-3-2-7(6-8(10)11)9-4-5-12-9/h2-3,6,9,12H,4-5,11H2,1H3. The van der Waals surface area contributed by atoms with Crippen molar-refractivity contribution < 1.29 is 4.74 Å². The van der Waals surface area contributed by atoms with Crippen LogP contribution in [-0.2, 0) is 0 Å². The normalized spacial score (nSPS) is 20.8. The van der Waals surface area contributed by atoms with E-state index in [0.29, 0.717) is 11.7 Å². The maximum atomic E-state index is 5.80. The lowest BCUT2D eigenvalue weighted by atomic mass is 9.97. The second-order valence-corrected chi connectivity index (χ2v) is 3.30. The minimum absolute atomic E-state index is 0.494. The highest BCUT2D eigenvalue weighted by atomic mass is 16.5. The van der Waals surface area contributed by atoms with Crippen LogP contribution in [0.2, 0.25) is 0 Å². The molecule has 1 saturated heterocycles. The number of nitrogens with one attached hydrogen (secondary N) is 1. The van der Waals surface area contributed by atoms with Gasteiger partial charge in [0.1, 0.15) is 5.75 Å². The van der Waals surface area contributed by atoms with Crippen molar-refractivity contribution in [1.29, 1.82) is 0 Å². The zero-order valence-corrected chi connectivity index (χ0v) is 7.71. The largest absolute Gasteiger partial charge is 0.495 e. The van der Waals surface area contributed by atoms with Gasteiger partial charge in [-0.1, -0.05) is 6.07 Å². The van der Waals surface area contributed by atoms with Crippen LogP contribution in [0.3, 0.4) is 0 Å². The lowest BCUT2D eigenvalue weighted by molar-refractivity contribution is 0.382. The maximum Gasteiger partial charge on any atom is 0.141 e. The SMILES string of the molecule is COc1ccc(C2CCN2)cc1N. The van der Waals surface area contributed by atoms with Crippen molar-refractivity contribution in [2.24, 2.45) is 0 Å². The van der Waals surface area contributed by atoms with Crippen LogP contribution in [0.15, 0.2) is 18.2 Å². The molecule has 0 aliphatic carbocycles. The molecule has 0 aromatic heterocycles. The summed E-state index contributed by atoms with van der Waals surface area (Å²) in [5.41, 5.74) is 7.77. The first kappa shape index (κ1) is 8.38. The van der Waals surface area contributed by atoms with Gasteiger partial charge in [-0.15, -0.1) is 0 Å². The lowest BCUT2D eigenvalue weighted by Gasteiger charge is -2.28. The quantitative estimate of drug-likeness (QED) is 0.671. The average molecular weight is 178 g/mol. The highest BCUT2D eigenvalue weighted by Gasteiger charge is 2.18. The molecular formula is C10H14N2O. The third-order valence-electron chi connectivity index (χ3n) is 2.48. The molecule has 1 aromatic rings. The summed E-state index contributed by atoms with van der Waals surface area (Å²) in [6.07, 6.45) is 1.20. The van der Waals surface area contributed by atoms with E-state index >= 15 is 0 Å². The molecule has 0 amide bonds. The van der Waals surface area contributed by atoms with Crippen LogP contribution in [0, 0.1) is 0 Å². The fourth-order valence-corrected chi connectivity index (χ4v) is 1.54. The van der Waals surface area contributed by atoms with Gasteiger partial charge in [0.05, 0.1) is 12.8 Å². The third-order valence-corrected chi connectivity index (χ3v) is 2.48. The van der Waals surface area contributed by atoms with Gasteiger partial charge in [-0.2, -0.15) is 0 Å². The highest BCUT2D eigenvalue weighted by Crippen LogP contribution is 2.28. The summed E-state index contributed by atoms with van der Waals surface area (Å²) in [6.45, 7) is 1.11. The molecule has 70 valence electrons. The molecule has 3 nitrogen and oxygen atoms in total. The number of rotatable bonds is 2. The number of methoxy groups -OCH3 is 1. The summed E-state index contributed by atoms with van der Waals surface area (Å²) >= 11 is 0. The van der Waals surface area contributed by atoms with Gasteiger partial charge in [0, 0.05) is 6.04 Å². The molecule has 1 aromatic carbocycles. The molecule has 1 aliphatic heterocycles. The monoisotopic (exact) mass is 178 g/mol. The molecule has 1 aliphatic rings. The second kappa shape index (κ2) is 3.26. The van der Waals surface area contributed by atoms with Crippen LogP contribution in [0.5, 0.6) is 5.75 Å². The van der Waals surface area contributed by atoms with Crippen LogP contribution in [0.1, 0.15) is 18.0 Å². The lowest BCUT2D eigenvalue weighted by Crippen LogP contribution is -2.34. The van der Waals surface area contributed by atoms with Gasteiger partial charge < -0.3 is 15.8 Å². The number of nitrogen functional groups attached to an aromatic ring is 1. The van der Waals surface area contributed by atoms with E-state index in [2.05, 4.69) is 11.4 Å². The van der Waals surface area contributed by atoms with Gasteiger partial charge in [0.25, 0.3) is 0 Å². The molecule has 0 radical (unpaired) electrons. The number of anilines is 1. The Kier molecular flexibility index (Phi) is 2.10.